The van der Waals surface area contributed by atoms with Crippen molar-refractivity contribution < 1.29 is 17.6 Å². The zero-order valence-corrected chi connectivity index (χ0v) is 14.1. The van der Waals surface area contributed by atoms with Gasteiger partial charge in [-0.3, -0.25) is 4.79 Å². The number of amides is 1. The van der Waals surface area contributed by atoms with E-state index in [9.17, 15) is 17.6 Å². The Morgan fingerprint density at radius 2 is 2.05 bits per heavy atom. The number of nitrogens with two attached hydrogens (primary N) is 1. The molecule has 1 saturated heterocycles. The van der Waals surface area contributed by atoms with Crippen LogP contribution in [0.2, 0.25) is 0 Å². The molecule has 0 aromatic heterocycles. The molecule has 1 aromatic rings. The van der Waals surface area contributed by atoms with Crippen LogP contribution in [0.3, 0.4) is 0 Å². The first kappa shape index (κ1) is 16.4. The minimum Gasteiger partial charge on any atom is -0.333 e. The van der Waals surface area contributed by atoms with Crippen molar-refractivity contribution in [2.75, 3.05) is 6.54 Å². The zero-order valence-electron chi connectivity index (χ0n) is 11.7. The van der Waals surface area contributed by atoms with Gasteiger partial charge in [0.2, 0.25) is 10.0 Å². The number of sulfonamides is 1. The van der Waals surface area contributed by atoms with E-state index in [4.69, 9.17) is 5.14 Å². The maximum Gasteiger partial charge on any atom is 0.255 e. The fourth-order valence-electron chi connectivity index (χ4n) is 2.54. The highest BCUT2D eigenvalue weighted by Gasteiger charge is 2.37. The number of hydrogen-bond donors (Lipinski definition) is 1. The molecule has 1 aromatic carbocycles. The average Bonchev–Trinajstić information content (AvgIpc) is 2.66. The Morgan fingerprint density at radius 3 is 2.52 bits per heavy atom. The number of carbonyl (C=O) groups is 1. The lowest BCUT2D eigenvalue weighted by atomic mass is 10.0. The largest absolute Gasteiger partial charge is 0.333 e. The van der Waals surface area contributed by atoms with E-state index in [1.807, 2.05) is 13.8 Å². The number of nitrogens with zero attached hydrogens (tertiary/aromatic N) is 1. The first-order chi connectivity index (χ1) is 9.54. The second-order valence-corrected chi connectivity index (χ2v) is 8.06. The Labute approximate surface area is 131 Å². The average molecular weight is 379 g/mol. The van der Waals surface area contributed by atoms with E-state index in [2.05, 4.69) is 15.9 Å². The van der Waals surface area contributed by atoms with Crippen molar-refractivity contribution in [3.63, 3.8) is 0 Å². The molecular formula is C13H16BrFN2O3S. The van der Waals surface area contributed by atoms with E-state index in [1.165, 1.54) is 0 Å². The molecule has 0 bridgehead atoms. The van der Waals surface area contributed by atoms with Crippen LogP contribution >= 0.6 is 15.9 Å². The zero-order chi connectivity index (χ0) is 16.0. The Bertz CT molecular complexity index is 704. The van der Waals surface area contributed by atoms with Crippen LogP contribution in [0.15, 0.2) is 21.5 Å². The number of halogens is 2. The summed E-state index contributed by atoms with van der Waals surface area (Å²) in [5, 5.41) is 4.98. The van der Waals surface area contributed by atoms with Crippen LogP contribution in [0.1, 0.15) is 37.0 Å². The van der Waals surface area contributed by atoms with Gasteiger partial charge in [0.05, 0.1) is 5.56 Å². The van der Waals surface area contributed by atoms with Gasteiger partial charge in [0.1, 0.15) is 10.7 Å². The highest BCUT2D eigenvalue weighted by atomic mass is 79.9. The summed E-state index contributed by atoms with van der Waals surface area (Å²) in [4.78, 5) is 13.6. The van der Waals surface area contributed by atoms with Crippen molar-refractivity contribution >= 4 is 31.9 Å². The number of hydrogen-bond acceptors (Lipinski definition) is 3. The summed E-state index contributed by atoms with van der Waals surface area (Å²) in [5.41, 5.74) is -0.220. The van der Waals surface area contributed by atoms with E-state index >= 15 is 0 Å². The SMILES string of the molecule is CC1(C)CCCN1C(=O)c1cc(S(N)(=O)=O)c(F)cc1Br. The number of benzene rings is 1. The number of carbonyl (C=O) groups excluding carboxylic acids is 1. The molecule has 21 heavy (non-hydrogen) atoms. The molecule has 0 saturated carbocycles. The van der Waals surface area contributed by atoms with Crippen molar-refractivity contribution in [3.8, 4) is 0 Å². The van der Waals surface area contributed by atoms with Crippen LogP contribution in [0.5, 0.6) is 0 Å². The molecule has 1 fully saturated rings. The third-order valence-electron chi connectivity index (χ3n) is 3.70. The van der Waals surface area contributed by atoms with Crippen molar-refractivity contribution in [2.45, 2.75) is 37.1 Å². The minimum absolute atomic E-state index is 0.0930. The maximum absolute atomic E-state index is 13.7. The highest BCUT2D eigenvalue weighted by molar-refractivity contribution is 9.10. The molecule has 5 nitrogen and oxygen atoms in total. The van der Waals surface area contributed by atoms with Gasteiger partial charge >= 0.3 is 0 Å². The molecule has 0 spiro atoms. The molecule has 8 heteroatoms. The van der Waals surface area contributed by atoms with Gasteiger partial charge in [0.15, 0.2) is 0 Å². The van der Waals surface area contributed by atoms with E-state index in [0.717, 1.165) is 25.0 Å². The van der Waals surface area contributed by atoms with Gasteiger partial charge < -0.3 is 4.90 Å². The molecule has 1 heterocycles. The number of rotatable bonds is 2. The number of likely N-dealkylation sites (tertiary alicyclic amines) is 1. The van der Waals surface area contributed by atoms with Crippen molar-refractivity contribution in [3.05, 3.63) is 28.0 Å². The maximum atomic E-state index is 13.7. The van der Waals surface area contributed by atoms with Gasteiger partial charge in [-0.15, -0.1) is 0 Å². The predicted octanol–water partition coefficient (Wildman–Crippen LogP) is 2.25. The van der Waals surface area contributed by atoms with Crippen molar-refractivity contribution in [1.82, 2.24) is 4.90 Å². The van der Waals surface area contributed by atoms with Crippen LogP contribution in [0.25, 0.3) is 0 Å². The van der Waals surface area contributed by atoms with Gasteiger partial charge in [0.25, 0.3) is 5.91 Å². The van der Waals surface area contributed by atoms with Gasteiger partial charge in [-0.25, -0.2) is 17.9 Å². The molecule has 1 aliphatic heterocycles. The van der Waals surface area contributed by atoms with E-state index in [-0.39, 0.29) is 21.5 Å². The summed E-state index contributed by atoms with van der Waals surface area (Å²) >= 11 is 3.11. The molecule has 2 N–H and O–H groups in total. The first-order valence-electron chi connectivity index (χ1n) is 6.38. The lowest BCUT2D eigenvalue weighted by Gasteiger charge is -2.32. The standard InChI is InChI=1S/C13H16BrFN2O3S/c1-13(2)4-3-5-17(13)12(18)8-6-11(21(16,19)20)10(15)7-9(8)14/h6-7H,3-5H2,1-2H3,(H2,16,19,20). The fraction of sp³-hybridized carbons (Fsp3) is 0.462. The van der Waals surface area contributed by atoms with Crippen LogP contribution < -0.4 is 5.14 Å². The molecular weight excluding hydrogens is 363 g/mol. The van der Waals surface area contributed by atoms with Gasteiger partial charge in [-0.05, 0) is 54.8 Å². The Hall–Kier alpha value is -0.990. The fourth-order valence-corrected chi connectivity index (χ4v) is 3.64. The van der Waals surface area contributed by atoms with Gasteiger partial charge in [0, 0.05) is 16.6 Å². The number of primary sulfonamides is 1. The summed E-state index contributed by atoms with van der Waals surface area (Å²) in [6.45, 7) is 4.46. The first-order valence-corrected chi connectivity index (χ1v) is 8.72. The third kappa shape index (κ3) is 3.12. The van der Waals surface area contributed by atoms with E-state index < -0.39 is 20.7 Å². The van der Waals surface area contributed by atoms with Crippen molar-refractivity contribution in [1.29, 1.82) is 0 Å². The molecule has 2 rings (SSSR count). The molecule has 116 valence electrons. The van der Waals surface area contributed by atoms with Gasteiger partial charge in [-0.1, -0.05) is 0 Å². The molecule has 0 atom stereocenters. The second-order valence-electron chi connectivity index (χ2n) is 5.68. The predicted molar refractivity (Wildman–Crippen MR) is 79.8 cm³/mol. The Morgan fingerprint density at radius 1 is 1.43 bits per heavy atom. The van der Waals surface area contributed by atoms with E-state index in [0.29, 0.717) is 6.54 Å². The summed E-state index contributed by atoms with van der Waals surface area (Å²) in [5.74, 6) is -1.32. The van der Waals surface area contributed by atoms with Crippen LogP contribution in [-0.2, 0) is 10.0 Å². The molecule has 1 aliphatic rings. The molecule has 0 radical (unpaired) electrons. The topological polar surface area (TPSA) is 80.5 Å². The normalized spacial score (nSPS) is 18.0. The van der Waals surface area contributed by atoms with Crippen LogP contribution in [0, 0.1) is 5.82 Å². The summed E-state index contributed by atoms with van der Waals surface area (Å²) in [6.07, 6.45) is 1.74. The lowest BCUT2D eigenvalue weighted by molar-refractivity contribution is 0.0650. The smallest absolute Gasteiger partial charge is 0.255 e. The lowest BCUT2D eigenvalue weighted by Crippen LogP contribution is -2.42. The molecule has 1 amide bonds. The summed E-state index contributed by atoms with van der Waals surface area (Å²) in [7, 11) is -4.23. The van der Waals surface area contributed by atoms with E-state index in [1.54, 1.807) is 4.90 Å². The van der Waals surface area contributed by atoms with Crippen molar-refractivity contribution in [2.24, 2.45) is 5.14 Å². The minimum atomic E-state index is -4.23. The summed E-state index contributed by atoms with van der Waals surface area (Å²) < 4.78 is 36.7. The Kier molecular flexibility index (Phi) is 4.16. The molecule has 0 aliphatic carbocycles. The van der Waals surface area contributed by atoms with Gasteiger partial charge in [-0.2, -0.15) is 0 Å². The monoisotopic (exact) mass is 378 g/mol. The van der Waals surface area contributed by atoms with Crippen LogP contribution in [-0.4, -0.2) is 31.3 Å². The molecule has 0 unspecified atom stereocenters. The quantitative estimate of drug-likeness (QED) is 0.856. The third-order valence-corrected chi connectivity index (χ3v) is 5.29. The van der Waals surface area contributed by atoms with Crippen LogP contribution in [0.4, 0.5) is 4.39 Å². The summed E-state index contributed by atoms with van der Waals surface area (Å²) in [6, 6.07) is 1.95. The highest BCUT2D eigenvalue weighted by Crippen LogP contribution is 2.32. The second kappa shape index (κ2) is 5.33. The Balaban J connectivity index is 2.52.